The van der Waals surface area contributed by atoms with E-state index in [-0.39, 0.29) is 11.5 Å². The summed E-state index contributed by atoms with van der Waals surface area (Å²) in [5, 5.41) is 3.59. The summed E-state index contributed by atoms with van der Waals surface area (Å²) in [7, 11) is 1.61. The van der Waals surface area contributed by atoms with E-state index in [0.29, 0.717) is 31.3 Å². The summed E-state index contributed by atoms with van der Waals surface area (Å²) >= 11 is 7.46. The van der Waals surface area contributed by atoms with Crippen molar-refractivity contribution in [2.45, 2.75) is 19.9 Å². The monoisotopic (exact) mass is 529 g/mol. The largest absolute Gasteiger partial charge is 0.497 e. The van der Waals surface area contributed by atoms with Gasteiger partial charge in [0.15, 0.2) is 4.80 Å². The van der Waals surface area contributed by atoms with Gasteiger partial charge < -0.3 is 10.1 Å². The number of amides is 1. The number of ether oxygens (including phenoxy) is 1. The molecule has 1 N–H and O–H groups in total. The third-order valence-corrected chi connectivity index (χ3v) is 7.49. The Balaban J connectivity index is 1.65. The number of thiazole rings is 1. The summed E-state index contributed by atoms with van der Waals surface area (Å²) < 4.78 is 7.36. The van der Waals surface area contributed by atoms with Crippen LogP contribution in [-0.4, -0.2) is 17.6 Å². The molecule has 37 heavy (non-hydrogen) atoms. The fraction of sp³-hybridized carbons (Fsp3) is 0.138. The average Bonchev–Trinajstić information content (AvgIpc) is 3.19. The standard InChI is InChI=1S/C29H24ClN3O3S/c1-17-6-4-5-7-23(17)32-27(34)25-18(2)31-29-33(26(25)20-10-12-21(30)13-11-20)28(35)24(37-29)16-19-8-14-22(36-3)15-9-19/h4-16,26H,1-3H3,(H,32,34)/b24-16+/t26-/m1/s1. The molecule has 5 rings (SSSR count). The number of allylic oxidation sites excluding steroid dienone is 1. The highest BCUT2D eigenvalue weighted by Crippen LogP contribution is 2.31. The van der Waals surface area contributed by atoms with Gasteiger partial charge >= 0.3 is 0 Å². The van der Waals surface area contributed by atoms with Crippen LogP contribution in [0, 0.1) is 6.92 Å². The highest BCUT2D eigenvalue weighted by atomic mass is 35.5. The van der Waals surface area contributed by atoms with E-state index in [1.807, 2.05) is 73.7 Å². The Morgan fingerprint density at radius 1 is 1.05 bits per heavy atom. The normalized spacial score (nSPS) is 15.2. The first-order chi connectivity index (χ1) is 17.9. The number of rotatable bonds is 5. The molecule has 1 atom stereocenters. The summed E-state index contributed by atoms with van der Waals surface area (Å²) in [5.74, 6) is 0.432. The molecule has 3 aromatic carbocycles. The van der Waals surface area contributed by atoms with Crippen LogP contribution in [0.1, 0.15) is 29.7 Å². The van der Waals surface area contributed by atoms with Gasteiger partial charge in [-0.1, -0.05) is 65.4 Å². The van der Waals surface area contributed by atoms with Gasteiger partial charge in [0, 0.05) is 10.7 Å². The number of hydrogen-bond acceptors (Lipinski definition) is 5. The van der Waals surface area contributed by atoms with E-state index in [1.165, 1.54) is 11.3 Å². The van der Waals surface area contributed by atoms with Crippen LogP contribution in [-0.2, 0) is 4.79 Å². The van der Waals surface area contributed by atoms with Crippen molar-refractivity contribution in [1.29, 1.82) is 0 Å². The lowest BCUT2D eigenvalue weighted by atomic mass is 9.95. The summed E-state index contributed by atoms with van der Waals surface area (Å²) in [6.45, 7) is 3.73. The summed E-state index contributed by atoms with van der Waals surface area (Å²) in [6.07, 6.45) is 1.83. The first kappa shape index (κ1) is 24.7. The quantitative estimate of drug-likeness (QED) is 0.402. The number of benzene rings is 3. The van der Waals surface area contributed by atoms with Crippen molar-refractivity contribution >= 4 is 40.6 Å². The number of carbonyl (C=O) groups excluding carboxylic acids is 1. The molecule has 1 amide bonds. The molecule has 0 bridgehead atoms. The second-order valence-electron chi connectivity index (χ2n) is 8.68. The minimum Gasteiger partial charge on any atom is -0.497 e. The number of nitrogens with zero attached hydrogens (tertiary/aromatic N) is 2. The number of aryl methyl sites for hydroxylation is 1. The van der Waals surface area contributed by atoms with Gasteiger partial charge in [-0.15, -0.1) is 0 Å². The lowest BCUT2D eigenvalue weighted by Gasteiger charge is -2.25. The maximum absolute atomic E-state index is 13.8. The average molecular weight is 530 g/mol. The van der Waals surface area contributed by atoms with Crippen LogP contribution in [0.2, 0.25) is 5.02 Å². The SMILES string of the molecule is COc1ccc(/C=c2/sc3n(c2=O)[C@H](c2ccc(Cl)cc2)C(C(=O)Nc2ccccc2C)=C(C)N=3)cc1. The highest BCUT2D eigenvalue weighted by Gasteiger charge is 2.32. The Hall–Kier alpha value is -3.94. The van der Waals surface area contributed by atoms with E-state index in [9.17, 15) is 9.59 Å². The molecule has 2 heterocycles. The Labute approximate surface area is 222 Å². The van der Waals surface area contributed by atoms with Crippen molar-refractivity contribution in [3.63, 3.8) is 0 Å². The molecule has 6 nitrogen and oxygen atoms in total. The van der Waals surface area contributed by atoms with Crippen molar-refractivity contribution in [2.24, 2.45) is 4.99 Å². The number of anilines is 1. The smallest absolute Gasteiger partial charge is 0.271 e. The van der Waals surface area contributed by atoms with E-state index < -0.39 is 6.04 Å². The molecule has 1 aromatic heterocycles. The van der Waals surface area contributed by atoms with E-state index in [1.54, 1.807) is 30.7 Å². The molecular formula is C29H24ClN3O3S. The molecule has 0 radical (unpaired) electrons. The molecule has 0 saturated carbocycles. The first-order valence-corrected chi connectivity index (χ1v) is 12.8. The zero-order valence-corrected chi connectivity index (χ0v) is 22.1. The maximum Gasteiger partial charge on any atom is 0.271 e. The van der Waals surface area contributed by atoms with Crippen molar-refractivity contribution in [1.82, 2.24) is 4.57 Å². The summed E-state index contributed by atoms with van der Waals surface area (Å²) in [4.78, 5) is 32.7. The molecule has 1 aliphatic heterocycles. The number of methoxy groups -OCH3 is 1. The number of hydrogen-bond donors (Lipinski definition) is 1. The molecule has 8 heteroatoms. The second kappa shape index (κ2) is 10.2. The first-order valence-electron chi connectivity index (χ1n) is 11.6. The lowest BCUT2D eigenvalue weighted by Crippen LogP contribution is -2.40. The molecule has 0 fully saturated rings. The Kier molecular flexibility index (Phi) is 6.82. The van der Waals surface area contributed by atoms with Crippen LogP contribution < -0.4 is 24.9 Å². The van der Waals surface area contributed by atoms with Crippen LogP contribution in [0.3, 0.4) is 0 Å². The minimum atomic E-state index is -0.657. The molecule has 0 spiro atoms. The van der Waals surface area contributed by atoms with Crippen molar-refractivity contribution in [3.8, 4) is 5.75 Å². The zero-order valence-electron chi connectivity index (χ0n) is 20.5. The fourth-order valence-electron chi connectivity index (χ4n) is 4.33. The van der Waals surface area contributed by atoms with Crippen molar-refractivity contribution in [2.75, 3.05) is 12.4 Å². The molecule has 0 aliphatic carbocycles. The molecule has 0 unspecified atom stereocenters. The number of nitrogens with one attached hydrogen (secondary N) is 1. The highest BCUT2D eigenvalue weighted by molar-refractivity contribution is 7.07. The Morgan fingerprint density at radius 3 is 2.43 bits per heavy atom. The molecule has 1 aliphatic rings. The van der Waals surface area contributed by atoms with Crippen LogP contribution in [0.25, 0.3) is 6.08 Å². The van der Waals surface area contributed by atoms with Crippen molar-refractivity contribution < 1.29 is 9.53 Å². The van der Waals surface area contributed by atoms with Gasteiger partial charge in [-0.25, -0.2) is 4.99 Å². The van der Waals surface area contributed by atoms with Gasteiger partial charge in [0.25, 0.3) is 11.5 Å². The predicted molar refractivity (Wildman–Crippen MR) is 148 cm³/mol. The second-order valence-corrected chi connectivity index (χ2v) is 10.1. The molecule has 186 valence electrons. The third kappa shape index (κ3) is 4.88. The number of carbonyl (C=O) groups is 1. The van der Waals surface area contributed by atoms with Crippen LogP contribution in [0.4, 0.5) is 5.69 Å². The van der Waals surface area contributed by atoms with Crippen LogP contribution in [0.5, 0.6) is 5.75 Å². The number of aromatic nitrogens is 1. The van der Waals surface area contributed by atoms with Crippen LogP contribution in [0.15, 0.2) is 93.9 Å². The van der Waals surface area contributed by atoms with Gasteiger partial charge in [-0.05, 0) is 66.9 Å². The van der Waals surface area contributed by atoms with Gasteiger partial charge in [0.05, 0.1) is 29.0 Å². The number of halogens is 1. The van der Waals surface area contributed by atoms with Crippen LogP contribution >= 0.6 is 22.9 Å². The van der Waals surface area contributed by atoms with Crippen molar-refractivity contribution in [3.05, 3.63) is 125 Å². The van der Waals surface area contributed by atoms with E-state index in [2.05, 4.69) is 5.32 Å². The van der Waals surface area contributed by atoms with Gasteiger partial charge in [-0.3, -0.25) is 14.2 Å². The van der Waals surface area contributed by atoms with Gasteiger partial charge in [-0.2, -0.15) is 0 Å². The van der Waals surface area contributed by atoms with Gasteiger partial charge in [0.1, 0.15) is 5.75 Å². The molecule has 0 saturated heterocycles. The topological polar surface area (TPSA) is 72.7 Å². The Bertz CT molecular complexity index is 1700. The molecular weight excluding hydrogens is 506 g/mol. The zero-order chi connectivity index (χ0) is 26.1. The lowest BCUT2D eigenvalue weighted by molar-refractivity contribution is -0.113. The van der Waals surface area contributed by atoms with E-state index in [0.717, 1.165) is 22.4 Å². The Morgan fingerprint density at radius 2 is 1.76 bits per heavy atom. The summed E-state index contributed by atoms with van der Waals surface area (Å²) in [5.41, 5.74) is 4.04. The summed E-state index contributed by atoms with van der Waals surface area (Å²) in [6, 6.07) is 21.6. The fourth-order valence-corrected chi connectivity index (χ4v) is 5.50. The van der Waals surface area contributed by atoms with Gasteiger partial charge in [0.2, 0.25) is 0 Å². The number of para-hydroxylation sites is 1. The van der Waals surface area contributed by atoms with E-state index >= 15 is 0 Å². The molecule has 4 aromatic rings. The van der Waals surface area contributed by atoms with E-state index in [4.69, 9.17) is 21.3 Å². The maximum atomic E-state index is 13.8. The predicted octanol–water partition coefficient (Wildman–Crippen LogP) is 4.84. The minimum absolute atomic E-state index is 0.215. The third-order valence-electron chi connectivity index (χ3n) is 6.26. The number of fused-ring (bicyclic) bond motifs is 1.